The van der Waals surface area contributed by atoms with Crippen LogP contribution in [0.15, 0.2) is 12.2 Å². The Bertz CT molecular complexity index is 210. The van der Waals surface area contributed by atoms with Gasteiger partial charge in [0.2, 0.25) is 0 Å². The van der Waals surface area contributed by atoms with E-state index in [1.165, 1.54) is 96.3 Å². The predicted molar refractivity (Wildman–Crippen MR) is 102 cm³/mol. The van der Waals surface area contributed by atoms with Crippen LogP contribution in [-0.2, 0) is 0 Å². The smallest absolute Gasteiger partial charge is 0.00743 e. The van der Waals surface area contributed by atoms with Crippen LogP contribution in [-0.4, -0.2) is 6.54 Å². The van der Waals surface area contributed by atoms with Crippen LogP contribution in [0.2, 0.25) is 0 Å². The molecule has 0 saturated heterocycles. The lowest BCUT2D eigenvalue weighted by molar-refractivity contribution is 0.536. The average Bonchev–Trinajstić information content (AvgIpc) is 2.54. The molecule has 0 rings (SSSR count). The maximum absolute atomic E-state index is 5.47. The molecule has 0 radical (unpaired) electrons. The summed E-state index contributed by atoms with van der Waals surface area (Å²) in [5, 5.41) is 0. The minimum absolute atomic E-state index is 0.823. The van der Waals surface area contributed by atoms with Gasteiger partial charge in [-0.3, -0.25) is 0 Å². The Balaban J connectivity index is 2.98. The molecule has 0 fully saturated rings. The van der Waals surface area contributed by atoms with E-state index in [-0.39, 0.29) is 0 Å². The van der Waals surface area contributed by atoms with E-state index < -0.39 is 0 Å². The number of rotatable bonds is 18. The molecular weight excluding hydrogens is 266 g/mol. The second kappa shape index (κ2) is 20.7. The Kier molecular flexibility index (Phi) is 20.4. The topological polar surface area (TPSA) is 26.0 Å². The summed E-state index contributed by atoms with van der Waals surface area (Å²) in [6.45, 7) is 3.11. The number of hydrogen-bond donors (Lipinski definition) is 1. The van der Waals surface area contributed by atoms with E-state index in [0.29, 0.717) is 0 Å². The van der Waals surface area contributed by atoms with Gasteiger partial charge in [0.05, 0.1) is 0 Å². The van der Waals surface area contributed by atoms with Crippen LogP contribution in [0, 0.1) is 0 Å². The minimum Gasteiger partial charge on any atom is -0.330 e. The van der Waals surface area contributed by atoms with Gasteiger partial charge in [-0.15, -0.1) is 0 Å². The number of unbranched alkanes of at least 4 members (excludes halogenated alkanes) is 15. The molecule has 0 aliphatic carbocycles. The molecule has 0 aliphatic rings. The van der Waals surface area contributed by atoms with Crippen LogP contribution in [0.3, 0.4) is 0 Å². The van der Waals surface area contributed by atoms with Crippen molar-refractivity contribution >= 4 is 0 Å². The lowest BCUT2D eigenvalue weighted by atomic mass is 10.0. The van der Waals surface area contributed by atoms with E-state index in [9.17, 15) is 0 Å². The fourth-order valence-electron chi connectivity index (χ4n) is 2.93. The first kappa shape index (κ1) is 21.7. The van der Waals surface area contributed by atoms with Crippen molar-refractivity contribution in [1.82, 2.24) is 0 Å². The first-order valence-electron chi connectivity index (χ1n) is 10.3. The first-order valence-corrected chi connectivity index (χ1v) is 10.3. The highest BCUT2D eigenvalue weighted by Gasteiger charge is 1.93. The van der Waals surface area contributed by atoms with Gasteiger partial charge in [0.25, 0.3) is 0 Å². The van der Waals surface area contributed by atoms with E-state index >= 15 is 0 Å². The Morgan fingerprint density at radius 3 is 1.27 bits per heavy atom. The molecule has 0 aromatic rings. The molecule has 0 bridgehead atoms. The summed E-state index contributed by atoms with van der Waals surface area (Å²) in [4.78, 5) is 0. The van der Waals surface area contributed by atoms with Crippen LogP contribution in [0.1, 0.15) is 116 Å². The zero-order chi connectivity index (χ0) is 16.1. The summed E-state index contributed by atoms with van der Waals surface area (Å²) in [7, 11) is 0. The SMILES string of the molecule is CCCCCCCCCCCCCCCCC=CCCCN. The van der Waals surface area contributed by atoms with E-state index in [1.54, 1.807) is 0 Å². The van der Waals surface area contributed by atoms with Crippen molar-refractivity contribution in [2.45, 2.75) is 116 Å². The van der Waals surface area contributed by atoms with E-state index in [1.807, 2.05) is 0 Å². The molecule has 0 heterocycles. The second-order valence-corrected chi connectivity index (χ2v) is 6.79. The maximum atomic E-state index is 5.47. The van der Waals surface area contributed by atoms with Gasteiger partial charge < -0.3 is 5.73 Å². The van der Waals surface area contributed by atoms with Crippen molar-refractivity contribution in [3.05, 3.63) is 12.2 Å². The van der Waals surface area contributed by atoms with Crippen molar-refractivity contribution in [3.63, 3.8) is 0 Å². The summed E-state index contributed by atoms with van der Waals surface area (Å²) in [6, 6.07) is 0. The largest absolute Gasteiger partial charge is 0.330 e. The second-order valence-electron chi connectivity index (χ2n) is 6.79. The standard InChI is InChI=1S/C21H43N/c1-2-3-4-5-6-7-8-9-10-11-12-13-14-15-16-17-18-19-20-21-22/h17-18H,2-16,19-22H2,1H3. The number of hydrogen-bond acceptors (Lipinski definition) is 1. The number of allylic oxidation sites excluding steroid dienone is 2. The Hall–Kier alpha value is -0.300. The molecule has 0 saturated carbocycles. The molecule has 2 N–H and O–H groups in total. The Morgan fingerprint density at radius 2 is 0.864 bits per heavy atom. The third-order valence-electron chi connectivity index (χ3n) is 4.47. The van der Waals surface area contributed by atoms with Gasteiger partial charge in [-0.1, -0.05) is 103 Å². The summed E-state index contributed by atoms with van der Waals surface area (Å²) >= 11 is 0. The summed E-state index contributed by atoms with van der Waals surface area (Å²) < 4.78 is 0. The normalized spacial score (nSPS) is 11.5. The fourth-order valence-corrected chi connectivity index (χ4v) is 2.93. The molecule has 1 heteroatoms. The molecule has 0 aromatic heterocycles. The third kappa shape index (κ3) is 19.7. The molecule has 0 amide bonds. The summed E-state index contributed by atoms with van der Waals surface area (Å²) in [5.41, 5.74) is 5.47. The molecule has 0 unspecified atom stereocenters. The van der Waals surface area contributed by atoms with Gasteiger partial charge in [0.1, 0.15) is 0 Å². The zero-order valence-corrected chi connectivity index (χ0v) is 15.5. The lowest BCUT2D eigenvalue weighted by Gasteiger charge is -2.02. The van der Waals surface area contributed by atoms with Crippen LogP contribution < -0.4 is 5.73 Å². The molecule has 0 atom stereocenters. The van der Waals surface area contributed by atoms with Gasteiger partial charge in [-0.05, 0) is 32.2 Å². The monoisotopic (exact) mass is 309 g/mol. The van der Waals surface area contributed by atoms with Gasteiger partial charge >= 0.3 is 0 Å². The Labute approximate surface area is 141 Å². The van der Waals surface area contributed by atoms with Crippen LogP contribution in [0.5, 0.6) is 0 Å². The molecule has 22 heavy (non-hydrogen) atoms. The quantitative estimate of drug-likeness (QED) is 0.211. The van der Waals surface area contributed by atoms with Crippen LogP contribution >= 0.6 is 0 Å². The molecule has 1 nitrogen and oxygen atoms in total. The van der Waals surface area contributed by atoms with Crippen molar-refractivity contribution in [3.8, 4) is 0 Å². The molecule has 0 aromatic carbocycles. The zero-order valence-electron chi connectivity index (χ0n) is 15.5. The lowest BCUT2D eigenvalue weighted by Crippen LogP contribution is -1.96. The summed E-state index contributed by atoms with van der Waals surface area (Å²) in [5.74, 6) is 0. The highest BCUT2D eigenvalue weighted by Crippen LogP contribution is 2.13. The van der Waals surface area contributed by atoms with Crippen molar-refractivity contribution < 1.29 is 0 Å². The van der Waals surface area contributed by atoms with Crippen molar-refractivity contribution in [2.24, 2.45) is 5.73 Å². The average molecular weight is 310 g/mol. The van der Waals surface area contributed by atoms with Gasteiger partial charge in [-0.25, -0.2) is 0 Å². The van der Waals surface area contributed by atoms with Gasteiger partial charge in [0.15, 0.2) is 0 Å². The highest BCUT2D eigenvalue weighted by molar-refractivity contribution is 4.81. The molecular formula is C21H43N. The van der Waals surface area contributed by atoms with E-state index in [4.69, 9.17) is 5.73 Å². The maximum Gasteiger partial charge on any atom is -0.00743 e. The molecule has 0 spiro atoms. The van der Waals surface area contributed by atoms with Gasteiger partial charge in [-0.2, -0.15) is 0 Å². The predicted octanol–water partition coefficient (Wildman–Crippen LogP) is 7.15. The molecule has 0 aliphatic heterocycles. The van der Waals surface area contributed by atoms with Crippen LogP contribution in [0.25, 0.3) is 0 Å². The van der Waals surface area contributed by atoms with E-state index in [2.05, 4.69) is 19.1 Å². The van der Waals surface area contributed by atoms with Crippen LogP contribution in [0.4, 0.5) is 0 Å². The van der Waals surface area contributed by atoms with Crippen molar-refractivity contribution in [1.29, 1.82) is 0 Å². The number of nitrogens with two attached hydrogens (primary N) is 1. The van der Waals surface area contributed by atoms with Crippen molar-refractivity contribution in [2.75, 3.05) is 6.54 Å². The fraction of sp³-hybridized carbons (Fsp3) is 0.905. The minimum atomic E-state index is 0.823. The summed E-state index contributed by atoms with van der Waals surface area (Å²) in [6.07, 6.45) is 28.4. The highest BCUT2D eigenvalue weighted by atomic mass is 14.5. The van der Waals surface area contributed by atoms with Gasteiger partial charge in [0, 0.05) is 0 Å². The Morgan fingerprint density at radius 1 is 0.500 bits per heavy atom. The third-order valence-corrected chi connectivity index (χ3v) is 4.47. The molecule has 132 valence electrons. The van der Waals surface area contributed by atoms with E-state index in [0.717, 1.165) is 19.4 Å². The first-order chi connectivity index (χ1) is 10.9.